The molecule has 0 saturated carbocycles. The molecule has 1 aliphatic heterocycles. The minimum absolute atomic E-state index is 0.166. The van der Waals surface area contributed by atoms with Gasteiger partial charge in [-0.3, -0.25) is 4.57 Å². The van der Waals surface area contributed by atoms with Crippen molar-refractivity contribution in [2.45, 2.75) is 19.3 Å². The van der Waals surface area contributed by atoms with E-state index in [0.717, 1.165) is 28.2 Å². The van der Waals surface area contributed by atoms with Crippen molar-refractivity contribution in [3.63, 3.8) is 0 Å². The van der Waals surface area contributed by atoms with Crippen molar-refractivity contribution in [3.8, 4) is 28.3 Å². The number of nitrogens with zero attached hydrogens (tertiary/aromatic N) is 4. The van der Waals surface area contributed by atoms with Gasteiger partial charge < -0.3 is 0 Å². The Morgan fingerprint density at radius 1 is 0.735 bits per heavy atom. The maximum absolute atomic E-state index is 5.01. The average molecular weight is 439 g/mol. The van der Waals surface area contributed by atoms with E-state index in [1.807, 2.05) is 6.07 Å². The van der Waals surface area contributed by atoms with E-state index in [0.29, 0.717) is 0 Å². The third kappa shape index (κ3) is 2.62. The summed E-state index contributed by atoms with van der Waals surface area (Å²) in [4.78, 5) is 13.6. The second-order valence-electron chi connectivity index (χ2n) is 9.46. The first-order valence-electron chi connectivity index (χ1n) is 11.5. The first-order chi connectivity index (χ1) is 16.6. The normalized spacial score (nSPS) is 13.8. The molecule has 0 radical (unpaired) electrons. The van der Waals surface area contributed by atoms with Crippen LogP contribution >= 0.6 is 0 Å². The number of imidazole rings is 1. The molecule has 162 valence electrons. The fraction of sp³-hybridized carbons (Fsp3) is 0.100. The zero-order valence-electron chi connectivity index (χ0n) is 19.0. The van der Waals surface area contributed by atoms with E-state index in [1.165, 1.54) is 33.0 Å². The highest BCUT2D eigenvalue weighted by molar-refractivity contribution is 5.91. The van der Waals surface area contributed by atoms with E-state index >= 15 is 0 Å². The lowest BCUT2D eigenvalue weighted by Crippen LogP contribution is -2.26. The van der Waals surface area contributed by atoms with Gasteiger partial charge in [-0.15, -0.1) is 0 Å². The van der Waals surface area contributed by atoms with Gasteiger partial charge in [0.05, 0.1) is 16.7 Å². The van der Waals surface area contributed by atoms with Crippen LogP contribution in [0.2, 0.25) is 0 Å². The maximum Gasteiger partial charge on any atom is 0.164 e. The molecule has 0 bridgehead atoms. The molecule has 0 spiro atoms. The summed E-state index contributed by atoms with van der Waals surface area (Å²) < 4.78 is 2.28. The van der Waals surface area contributed by atoms with E-state index in [9.17, 15) is 0 Å². The first-order valence-corrected chi connectivity index (χ1v) is 11.5. The van der Waals surface area contributed by atoms with E-state index in [2.05, 4.69) is 107 Å². The van der Waals surface area contributed by atoms with Gasteiger partial charge in [0.2, 0.25) is 0 Å². The molecule has 0 amide bonds. The van der Waals surface area contributed by atoms with Crippen molar-refractivity contribution >= 4 is 21.8 Å². The third-order valence-electron chi connectivity index (χ3n) is 7.15. The molecule has 0 atom stereocenters. The zero-order chi connectivity index (χ0) is 22.9. The summed E-state index contributed by atoms with van der Waals surface area (Å²) in [6, 6.07) is 30.4. The van der Waals surface area contributed by atoms with Gasteiger partial charge in [-0.05, 0) is 63.4 Å². The van der Waals surface area contributed by atoms with Crippen molar-refractivity contribution in [2.24, 2.45) is 0 Å². The summed E-state index contributed by atoms with van der Waals surface area (Å²) in [7, 11) is 0. The van der Waals surface area contributed by atoms with Crippen molar-refractivity contribution in [2.75, 3.05) is 0 Å². The molecule has 1 aliphatic rings. The van der Waals surface area contributed by atoms with Crippen molar-refractivity contribution in [1.82, 2.24) is 19.5 Å². The van der Waals surface area contributed by atoms with Crippen LogP contribution in [0.5, 0.6) is 0 Å². The predicted octanol–water partition coefficient (Wildman–Crippen LogP) is 6.94. The van der Waals surface area contributed by atoms with Crippen molar-refractivity contribution < 1.29 is 0 Å². The highest BCUT2D eigenvalue weighted by Crippen LogP contribution is 2.46. The molecule has 0 unspecified atom stereocenters. The average Bonchev–Trinajstić information content (AvgIpc) is 3.28. The molecule has 0 fully saturated rings. The van der Waals surface area contributed by atoms with E-state index in [4.69, 9.17) is 4.98 Å². The Balaban J connectivity index is 1.50. The number of fused-ring (bicyclic) bond motifs is 3. The van der Waals surface area contributed by atoms with Gasteiger partial charge in [0.25, 0.3) is 0 Å². The number of hydrogen-bond donors (Lipinski definition) is 0. The van der Waals surface area contributed by atoms with Crippen LogP contribution < -0.4 is 0 Å². The molecule has 4 aromatic carbocycles. The molecular weight excluding hydrogens is 416 g/mol. The summed E-state index contributed by atoms with van der Waals surface area (Å²) in [6.45, 7) is 4.62. The van der Waals surface area contributed by atoms with Crippen LogP contribution in [-0.4, -0.2) is 19.5 Å². The Bertz CT molecular complexity index is 1730. The molecule has 0 N–H and O–H groups in total. The van der Waals surface area contributed by atoms with Crippen LogP contribution in [0.4, 0.5) is 0 Å². The molecule has 7 rings (SSSR count). The number of hydrogen-bond acceptors (Lipinski definition) is 3. The highest BCUT2D eigenvalue weighted by atomic mass is 15.1. The summed E-state index contributed by atoms with van der Waals surface area (Å²) in [5.74, 6) is 0.847. The molecule has 3 heterocycles. The predicted molar refractivity (Wildman–Crippen MR) is 137 cm³/mol. The quantitative estimate of drug-likeness (QED) is 0.294. The van der Waals surface area contributed by atoms with Gasteiger partial charge in [-0.2, -0.15) is 0 Å². The van der Waals surface area contributed by atoms with Crippen LogP contribution in [0.1, 0.15) is 25.0 Å². The SMILES string of the molecule is CC1(C)c2cc(-c3ccc4ccccc4c3)ccc2-n2c(-c3ccncn3)nc3cccc1c32. The lowest BCUT2D eigenvalue weighted by Gasteiger charge is -2.35. The fourth-order valence-electron chi connectivity index (χ4n) is 5.39. The van der Waals surface area contributed by atoms with E-state index in [-0.39, 0.29) is 5.41 Å². The minimum atomic E-state index is -0.166. The van der Waals surface area contributed by atoms with E-state index < -0.39 is 0 Å². The Morgan fingerprint density at radius 2 is 1.56 bits per heavy atom. The number of benzene rings is 4. The second kappa shape index (κ2) is 6.84. The monoisotopic (exact) mass is 438 g/mol. The summed E-state index contributed by atoms with van der Waals surface area (Å²) >= 11 is 0. The Kier molecular flexibility index (Phi) is 3.86. The summed E-state index contributed by atoms with van der Waals surface area (Å²) in [6.07, 6.45) is 3.35. The lowest BCUT2D eigenvalue weighted by molar-refractivity contribution is 0.629. The fourth-order valence-corrected chi connectivity index (χ4v) is 5.39. The Hall–Kier alpha value is -4.31. The molecule has 6 aromatic rings. The molecule has 2 aromatic heterocycles. The smallest absolute Gasteiger partial charge is 0.164 e. The van der Waals surface area contributed by atoms with Crippen LogP contribution in [0.15, 0.2) is 97.5 Å². The highest BCUT2D eigenvalue weighted by Gasteiger charge is 2.36. The molecule has 0 saturated heterocycles. The Morgan fingerprint density at radius 3 is 2.41 bits per heavy atom. The largest absolute Gasteiger partial charge is 0.290 e. The standard InChI is InChI=1S/C30H22N4/c1-30(2)23-8-5-9-25-28(23)34(29(33-25)26-14-15-31-18-32-26)27-13-12-22(17-24(27)30)21-11-10-19-6-3-4-7-20(19)16-21/h3-18H,1-2H3. The molecule has 4 nitrogen and oxygen atoms in total. The van der Waals surface area contributed by atoms with E-state index in [1.54, 1.807) is 12.5 Å². The molecule has 0 aliphatic carbocycles. The summed E-state index contributed by atoms with van der Waals surface area (Å²) in [5.41, 5.74) is 8.97. The van der Waals surface area contributed by atoms with Gasteiger partial charge in [0.1, 0.15) is 12.0 Å². The first kappa shape index (κ1) is 19.2. The topological polar surface area (TPSA) is 43.6 Å². The van der Waals surface area contributed by atoms with Gasteiger partial charge in [0.15, 0.2) is 5.82 Å². The van der Waals surface area contributed by atoms with Gasteiger partial charge in [-0.1, -0.05) is 68.4 Å². The lowest BCUT2D eigenvalue weighted by atomic mass is 9.74. The van der Waals surface area contributed by atoms with Crippen LogP contribution in [0.3, 0.4) is 0 Å². The minimum Gasteiger partial charge on any atom is -0.290 e. The van der Waals surface area contributed by atoms with Crippen LogP contribution in [-0.2, 0) is 5.41 Å². The molecule has 4 heteroatoms. The van der Waals surface area contributed by atoms with Crippen molar-refractivity contribution in [1.29, 1.82) is 0 Å². The molecule has 34 heavy (non-hydrogen) atoms. The summed E-state index contributed by atoms with van der Waals surface area (Å²) in [5, 5.41) is 2.51. The van der Waals surface area contributed by atoms with Gasteiger partial charge in [0, 0.05) is 11.6 Å². The van der Waals surface area contributed by atoms with Gasteiger partial charge >= 0.3 is 0 Å². The third-order valence-corrected chi connectivity index (χ3v) is 7.15. The van der Waals surface area contributed by atoms with Crippen LogP contribution in [0.25, 0.3) is 50.1 Å². The number of para-hydroxylation sites is 1. The van der Waals surface area contributed by atoms with Crippen LogP contribution in [0, 0.1) is 0 Å². The zero-order valence-corrected chi connectivity index (χ0v) is 19.0. The number of aromatic nitrogens is 4. The second-order valence-corrected chi connectivity index (χ2v) is 9.46. The Labute approximate surface area is 197 Å². The van der Waals surface area contributed by atoms with Crippen molar-refractivity contribution in [3.05, 3.63) is 109 Å². The maximum atomic E-state index is 5.01. The van der Waals surface area contributed by atoms with Gasteiger partial charge in [-0.25, -0.2) is 15.0 Å². The number of rotatable bonds is 2. The molecular formula is C30H22N4.